The van der Waals surface area contributed by atoms with E-state index in [-0.39, 0.29) is 0 Å². The summed E-state index contributed by atoms with van der Waals surface area (Å²) < 4.78 is 39.0. The van der Waals surface area contributed by atoms with Gasteiger partial charge in [0, 0.05) is 12.2 Å². The van der Waals surface area contributed by atoms with E-state index in [4.69, 9.17) is 0 Å². The average Bonchev–Trinajstić information content (AvgIpc) is 2.84. The third-order valence-corrected chi connectivity index (χ3v) is 2.74. The van der Waals surface area contributed by atoms with Gasteiger partial charge in [-0.25, -0.2) is 4.68 Å². The summed E-state index contributed by atoms with van der Waals surface area (Å²) in [6.45, 7) is 6.32. The number of halogens is 3. The molecule has 0 bridgehead atoms. The zero-order chi connectivity index (χ0) is 16.0. The standard InChI is InChI=1S/C13H14F3N3.C2H6/c1-9-7-12(13(14,15)16)18-19(9)11-5-3-10(4-6-11)8-17-2;1-2/h3-7,17H,8H2,1-2H3;1-2H3. The smallest absolute Gasteiger partial charge is 0.316 e. The largest absolute Gasteiger partial charge is 0.435 e. The number of rotatable bonds is 3. The van der Waals surface area contributed by atoms with Gasteiger partial charge in [-0.1, -0.05) is 26.0 Å². The van der Waals surface area contributed by atoms with Gasteiger partial charge in [0.05, 0.1) is 5.69 Å². The molecule has 0 aliphatic heterocycles. The summed E-state index contributed by atoms with van der Waals surface area (Å²) in [5.41, 5.74) is 1.26. The molecule has 1 heterocycles. The van der Waals surface area contributed by atoms with Gasteiger partial charge < -0.3 is 5.32 Å². The molecule has 0 radical (unpaired) electrons. The zero-order valence-electron chi connectivity index (χ0n) is 12.6. The average molecular weight is 299 g/mol. The Morgan fingerprint density at radius 3 is 2.14 bits per heavy atom. The highest BCUT2D eigenvalue weighted by atomic mass is 19.4. The van der Waals surface area contributed by atoms with E-state index in [0.29, 0.717) is 17.9 Å². The van der Waals surface area contributed by atoms with Crippen LogP contribution in [0.15, 0.2) is 30.3 Å². The minimum atomic E-state index is -4.41. The second kappa shape index (κ2) is 7.26. The number of hydrogen-bond donors (Lipinski definition) is 1. The van der Waals surface area contributed by atoms with Gasteiger partial charge >= 0.3 is 6.18 Å². The Labute approximate surface area is 122 Å². The lowest BCUT2D eigenvalue weighted by Gasteiger charge is -2.06. The maximum atomic E-state index is 12.6. The van der Waals surface area contributed by atoms with Gasteiger partial charge in [0.1, 0.15) is 0 Å². The van der Waals surface area contributed by atoms with Gasteiger partial charge in [-0.2, -0.15) is 18.3 Å². The number of alkyl halides is 3. The lowest BCUT2D eigenvalue weighted by Crippen LogP contribution is -2.08. The van der Waals surface area contributed by atoms with Gasteiger partial charge in [0.2, 0.25) is 0 Å². The van der Waals surface area contributed by atoms with Crippen molar-refractivity contribution in [2.45, 2.75) is 33.5 Å². The summed E-state index contributed by atoms with van der Waals surface area (Å²) in [5, 5.41) is 6.61. The second-order valence-electron chi connectivity index (χ2n) is 4.28. The molecule has 2 aromatic rings. The van der Waals surface area contributed by atoms with Crippen LogP contribution in [0, 0.1) is 6.92 Å². The molecule has 3 nitrogen and oxygen atoms in total. The van der Waals surface area contributed by atoms with Crippen LogP contribution < -0.4 is 5.32 Å². The molecular weight excluding hydrogens is 279 g/mol. The molecule has 0 amide bonds. The summed E-state index contributed by atoms with van der Waals surface area (Å²) >= 11 is 0. The lowest BCUT2D eigenvalue weighted by molar-refractivity contribution is -0.141. The van der Waals surface area contributed by atoms with Crippen molar-refractivity contribution in [1.29, 1.82) is 0 Å². The Balaban J connectivity index is 0.00000106. The van der Waals surface area contributed by atoms with E-state index in [0.717, 1.165) is 11.6 Å². The number of nitrogens with zero attached hydrogens (tertiary/aromatic N) is 2. The van der Waals surface area contributed by atoms with Crippen molar-refractivity contribution in [3.63, 3.8) is 0 Å². The molecule has 21 heavy (non-hydrogen) atoms. The third-order valence-electron chi connectivity index (χ3n) is 2.74. The van der Waals surface area contributed by atoms with E-state index in [2.05, 4.69) is 10.4 Å². The Hall–Kier alpha value is -1.82. The fraction of sp³-hybridized carbons (Fsp3) is 0.400. The number of aromatic nitrogens is 2. The molecule has 1 N–H and O–H groups in total. The van der Waals surface area contributed by atoms with Gasteiger partial charge in [-0.05, 0) is 37.7 Å². The van der Waals surface area contributed by atoms with Crippen molar-refractivity contribution in [1.82, 2.24) is 15.1 Å². The van der Waals surface area contributed by atoms with Crippen molar-refractivity contribution >= 4 is 0 Å². The Kier molecular flexibility index (Phi) is 5.96. The van der Waals surface area contributed by atoms with Gasteiger partial charge in [-0.3, -0.25) is 0 Å². The Morgan fingerprint density at radius 1 is 1.14 bits per heavy atom. The Bertz CT molecular complexity index is 557. The first-order chi connectivity index (χ1) is 9.91. The fourth-order valence-corrected chi connectivity index (χ4v) is 1.83. The molecule has 0 aliphatic rings. The summed E-state index contributed by atoms with van der Waals surface area (Å²) in [4.78, 5) is 0. The van der Waals surface area contributed by atoms with E-state index in [1.165, 1.54) is 4.68 Å². The summed E-state index contributed by atoms with van der Waals surface area (Å²) in [5.74, 6) is 0. The van der Waals surface area contributed by atoms with E-state index in [1.54, 1.807) is 19.1 Å². The number of hydrogen-bond acceptors (Lipinski definition) is 2. The quantitative estimate of drug-likeness (QED) is 0.930. The van der Waals surface area contributed by atoms with Gasteiger partial charge in [0.15, 0.2) is 5.69 Å². The van der Waals surface area contributed by atoms with E-state index >= 15 is 0 Å². The molecule has 0 aliphatic carbocycles. The molecule has 0 fully saturated rings. The van der Waals surface area contributed by atoms with Crippen LogP contribution in [0.1, 0.15) is 30.8 Å². The summed E-state index contributed by atoms with van der Waals surface area (Å²) in [7, 11) is 1.83. The highest BCUT2D eigenvalue weighted by molar-refractivity contribution is 5.36. The zero-order valence-corrected chi connectivity index (χ0v) is 12.6. The monoisotopic (exact) mass is 299 g/mol. The molecule has 0 atom stereocenters. The number of benzene rings is 1. The van der Waals surface area contributed by atoms with Crippen molar-refractivity contribution in [3.8, 4) is 5.69 Å². The second-order valence-corrected chi connectivity index (χ2v) is 4.28. The minimum absolute atomic E-state index is 0.452. The van der Waals surface area contributed by atoms with Crippen LogP contribution in [0.3, 0.4) is 0 Å². The van der Waals surface area contributed by atoms with Crippen molar-refractivity contribution < 1.29 is 13.2 Å². The number of aryl methyl sites for hydroxylation is 1. The van der Waals surface area contributed by atoms with Crippen LogP contribution in [0.5, 0.6) is 0 Å². The normalized spacial score (nSPS) is 11.0. The van der Waals surface area contributed by atoms with Crippen LogP contribution in [0.4, 0.5) is 13.2 Å². The van der Waals surface area contributed by atoms with E-state index < -0.39 is 11.9 Å². The first-order valence-electron chi connectivity index (χ1n) is 6.79. The van der Waals surface area contributed by atoms with Crippen LogP contribution in [0.2, 0.25) is 0 Å². The van der Waals surface area contributed by atoms with Crippen LogP contribution >= 0.6 is 0 Å². The molecule has 0 spiro atoms. The molecule has 1 aromatic heterocycles. The van der Waals surface area contributed by atoms with E-state index in [9.17, 15) is 13.2 Å². The van der Waals surface area contributed by atoms with E-state index in [1.807, 2.05) is 33.0 Å². The molecule has 2 rings (SSSR count). The molecule has 116 valence electrons. The molecule has 0 saturated heterocycles. The first-order valence-corrected chi connectivity index (χ1v) is 6.79. The van der Waals surface area contributed by atoms with Crippen molar-refractivity contribution in [3.05, 3.63) is 47.3 Å². The molecule has 0 saturated carbocycles. The maximum Gasteiger partial charge on any atom is 0.435 e. The van der Waals surface area contributed by atoms with Crippen LogP contribution in [-0.4, -0.2) is 16.8 Å². The van der Waals surface area contributed by atoms with Crippen LogP contribution in [0.25, 0.3) is 5.69 Å². The fourth-order valence-electron chi connectivity index (χ4n) is 1.83. The van der Waals surface area contributed by atoms with Crippen molar-refractivity contribution in [2.75, 3.05) is 7.05 Å². The van der Waals surface area contributed by atoms with Crippen molar-refractivity contribution in [2.24, 2.45) is 0 Å². The van der Waals surface area contributed by atoms with Crippen LogP contribution in [-0.2, 0) is 12.7 Å². The SMILES string of the molecule is CC.CNCc1ccc(-n2nc(C(F)(F)F)cc2C)cc1. The first kappa shape index (κ1) is 17.2. The molecular formula is C15H20F3N3. The molecule has 0 unspecified atom stereocenters. The summed E-state index contributed by atoms with van der Waals surface area (Å²) in [6, 6.07) is 8.28. The third kappa shape index (κ3) is 4.32. The molecule has 1 aromatic carbocycles. The number of nitrogens with one attached hydrogen (secondary N) is 1. The topological polar surface area (TPSA) is 29.9 Å². The minimum Gasteiger partial charge on any atom is -0.316 e. The lowest BCUT2D eigenvalue weighted by atomic mass is 10.2. The maximum absolute atomic E-state index is 12.6. The van der Waals surface area contributed by atoms with Gasteiger partial charge in [-0.15, -0.1) is 0 Å². The summed E-state index contributed by atoms with van der Waals surface area (Å²) in [6.07, 6.45) is -4.41. The van der Waals surface area contributed by atoms with Gasteiger partial charge in [0.25, 0.3) is 0 Å². The highest BCUT2D eigenvalue weighted by Crippen LogP contribution is 2.29. The highest BCUT2D eigenvalue weighted by Gasteiger charge is 2.34. The Morgan fingerprint density at radius 2 is 1.71 bits per heavy atom. The predicted octanol–water partition coefficient (Wildman–Crippen LogP) is 3.95. The predicted molar refractivity (Wildman–Crippen MR) is 77.4 cm³/mol. The molecule has 6 heteroatoms.